The normalized spacial score (nSPS) is 14.4. The molecule has 0 unspecified atom stereocenters. The Bertz CT molecular complexity index is 828. The van der Waals surface area contributed by atoms with E-state index in [-0.39, 0.29) is 26.8 Å². The Morgan fingerprint density at radius 3 is 1.76 bits per heavy atom. The number of nitrogens with one attached hydrogen (secondary N) is 2. The number of hydrogen-bond acceptors (Lipinski definition) is 7. The van der Waals surface area contributed by atoms with Crippen LogP contribution in [0.25, 0.3) is 11.5 Å². The molecule has 2 aromatic rings. The van der Waals surface area contributed by atoms with Gasteiger partial charge in [0.25, 0.3) is 0 Å². The number of pyridine rings is 1. The van der Waals surface area contributed by atoms with Gasteiger partial charge in [-0.3, -0.25) is 0 Å². The number of nitrogens with zero attached hydrogens (tertiary/aromatic N) is 4. The van der Waals surface area contributed by atoms with E-state index >= 15 is 0 Å². The van der Waals surface area contributed by atoms with Crippen LogP contribution in [0.4, 0.5) is 43.9 Å². The summed E-state index contributed by atoms with van der Waals surface area (Å²) >= 11 is 8.99. The fraction of sp³-hybridized carbons (Fsp3) is 0.429. The van der Waals surface area contributed by atoms with Crippen LogP contribution in [0.2, 0.25) is 5.15 Å². The molecule has 0 aliphatic rings. The molecule has 29 heavy (non-hydrogen) atoms. The number of halogens is 8. The predicted molar refractivity (Wildman–Crippen MR) is 98.5 cm³/mol. The predicted octanol–water partition coefficient (Wildman–Crippen LogP) is 4.66. The summed E-state index contributed by atoms with van der Waals surface area (Å²) < 4.78 is 77.2. The fourth-order valence-electron chi connectivity index (χ4n) is 1.78. The first-order valence-corrected chi connectivity index (χ1v) is 8.90. The monoisotopic (exact) mass is 507 g/mol. The van der Waals surface area contributed by atoms with Crippen molar-refractivity contribution in [3.8, 4) is 11.5 Å². The van der Waals surface area contributed by atoms with Crippen LogP contribution in [0.5, 0.6) is 0 Å². The number of rotatable bonds is 5. The third-order valence-corrected chi connectivity index (χ3v) is 4.44. The SMILES string of the molecule is C[C@@H](Nc1nc(N[C@H](C)C(F)(F)F)nc(-c2cc(Br)c(N)c(Cl)n2)n1)C(F)(F)F. The number of aromatic nitrogens is 4. The van der Waals surface area contributed by atoms with Gasteiger partial charge in [0, 0.05) is 4.47 Å². The minimum absolute atomic E-state index is 0.0519. The third kappa shape index (κ3) is 5.95. The van der Waals surface area contributed by atoms with Crippen LogP contribution in [0.1, 0.15) is 13.8 Å². The van der Waals surface area contributed by atoms with Gasteiger partial charge in [-0.25, -0.2) is 4.98 Å². The van der Waals surface area contributed by atoms with Crippen molar-refractivity contribution >= 4 is 45.1 Å². The summed E-state index contributed by atoms with van der Waals surface area (Å²) in [6, 6.07) is -2.86. The number of anilines is 3. The molecular formula is C14H13BrClF6N7. The van der Waals surface area contributed by atoms with Crippen LogP contribution in [0.15, 0.2) is 10.5 Å². The molecule has 0 aliphatic heterocycles. The van der Waals surface area contributed by atoms with Crippen molar-refractivity contribution in [1.29, 1.82) is 0 Å². The van der Waals surface area contributed by atoms with Crippen LogP contribution in [-0.4, -0.2) is 44.4 Å². The highest BCUT2D eigenvalue weighted by atomic mass is 79.9. The van der Waals surface area contributed by atoms with Gasteiger partial charge in [0.15, 0.2) is 11.0 Å². The van der Waals surface area contributed by atoms with E-state index in [4.69, 9.17) is 17.3 Å². The summed E-state index contributed by atoms with van der Waals surface area (Å²) in [5.41, 5.74) is 5.68. The Balaban J connectivity index is 2.52. The van der Waals surface area contributed by atoms with E-state index in [1.165, 1.54) is 6.07 Å². The summed E-state index contributed by atoms with van der Waals surface area (Å²) in [5, 5.41) is 3.80. The molecule has 0 saturated carbocycles. The fourth-order valence-corrected chi connectivity index (χ4v) is 2.49. The van der Waals surface area contributed by atoms with E-state index in [1.807, 2.05) is 10.6 Å². The van der Waals surface area contributed by atoms with Crippen molar-refractivity contribution in [2.75, 3.05) is 16.4 Å². The highest BCUT2D eigenvalue weighted by Gasteiger charge is 2.38. The summed E-state index contributed by atoms with van der Waals surface area (Å²) in [7, 11) is 0. The molecule has 0 radical (unpaired) electrons. The van der Waals surface area contributed by atoms with Crippen LogP contribution in [0, 0.1) is 0 Å². The lowest BCUT2D eigenvalue weighted by Crippen LogP contribution is -2.35. The molecule has 2 aromatic heterocycles. The Labute approximate surface area is 173 Å². The number of alkyl halides is 6. The van der Waals surface area contributed by atoms with Gasteiger partial charge in [-0.2, -0.15) is 41.3 Å². The highest BCUT2D eigenvalue weighted by molar-refractivity contribution is 9.10. The first-order chi connectivity index (χ1) is 13.2. The molecule has 0 aliphatic carbocycles. The van der Waals surface area contributed by atoms with Gasteiger partial charge in [-0.1, -0.05) is 11.6 Å². The zero-order valence-electron chi connectivity index (χ0n) is 14.6. The summed E-state index contributed by atoms with van der Waals surface area (Å²) in [6.45, 7) is 1.59. The van der Waals surface area contributed by atoms with Gasteiger partial charge >= 0.3 is 12.4 Å². The Kier molecular flexibility index (Phi) is 6.67. The molecule has 0 amide bonds. The summed E-state index contributed by atoms with van der Waals surface area (Å²) in [5.74, 6) is -1.54. The molecule has 0 fully saturated rings. The summed E-state index contributed by atoms with van der Waals surface area (Å²) in [6.07, 6.45) is -9.29. The molecule has 0 aromatic carbocycles. The number of hydrogen-bond donors (Lipinski definition) is 3. The minimum atomic E-state index is -4.65. The lowest BCUT2D eigenvalue weighted by Gasteiger charge is -2.20. The second-order valence-corrected chi connectivity index (χ2v) is 7.03. The van der Waals surface area contributed by atoms with Crippen molar-refractivity contribution in [2.24, 2.45) is 0 Å². The van der Waals surface area contributed by atoms with Crippen molar-refractivity contribution in [1.82, 2.24) is 19.9 Å². The van der Waals surface area contributed by atoms with Crippen LogP contribution in [0.3, 0.4) is 0 Å². The van der Waals surface area contributed by atoms with Gasteiger partial charge in [-0.05, 0) is 35.8 Å². The maximum Gasteiger partial charge on any atom is 0.408 e. The molecule has 0 bridgehead atoms. The maximum atomic E-state index is 12.8. The minimum Gasteiger partial charge on any atom is -0.395 e. The maximum absolute atomic E-state index is 12.8. The van der Waals surface area contributed by atoms with E-state index in [9.17, 15) is 26.3 Å². The first-order valence-electron chi connectivity index (χ1n) is 7.73. The lowest BCUT2D eigenvalue weighted by atomic mass is 10.3. The van der Waals surface area contributed by atoms with Gasteiger partial charge in [-0.15, -0.1) is 0 Å². The van der Waals surface area contributed by atoms with Gasteiger partial charge in [0.2, 0.25) is 11.9 Å². The van der Waals surface area contributed by atoms with Gasteiger partial charge < -0.3 is 16.4 Å². The smallest absolute Gasteiger partial charge is 0.395 e. The zero-order valence-corrected chi connectivity index (χ0v) is 17.0. The number of nitrogen functional groups attached to an aromatic ring is 1. The van der Waals surface area contributed by atoms with Gasteiger partial charge in [0.05, 0.1) is 5.69 Å². The Morgan fingerprint density at radius 1 is 0.931 bits per heavy atom. The molecule has 4 N–H and O–H groups in total. The zero-order chi connectivity index (χ0) is 22.1. The summed E-state index contributed by atoms with van der Waals surface area (Å²) in [4.78, 5) is 15.1. The molecule has 15 heteroatoms. The average molecular weight is 509 g/mol. The topological polar surface area (TPSA) is 102 Å². The molecule has 2 rings (SSSR count). The number of nitrogens with two attached hydrogens (primary N) is 1. The quantitative estimate of drug-likeness (QED) is 0.399. The molecule has 0 spiro atoms. The van der Waals surface area contributed by atoms with E-state index in [0.717, 1.165) is 13.8 Å². The Hall–Kier alpha value is -2.09. The highest BCUT2D eigenvalue weighted by Crippen LogP contribution is 2.31. The van der Waals surface area contributed by atoms with Crippen LogP contribution >= 0.6 is 27.5 Å². The van der Waals surface area contributed by atoms with E-state index in [2.05, 4.69) is 35.9 Å². The third-order valence-electron chi connectivity index (χ3n) is 3.50. The average Bonchev–Trinajstić information content (AvgIpc) is 2.57. The standard InChI is InChI=1S/C14H13BrClF6N7/c1-4(13(17,18)19)24-11-27-10(7-3-6(15)8(23)9(16)26-7)28-12(29-11)25-5(2)14(20,21)22/h3-5H,23H2,1-2H3,(H2,24,25,27,28,29)/t4-,5-/m1/s1. The van der Waals surface area contributed by atoms with E-state index in [1.54, 1.807) is 0 Å². The largest absolute Gasteiger partial charge is 0.408 e. The van der Waals surface area contributed by atoms with Gasteiger partial charge in [0.1, 0.15) is 17.8 Å². The van der Waals surface area contributed by atoms with Crippen LogP contribution < -0.4 is 16.4 Å². The van der Waals surface area contributed by atoms with Crippen molar-refractivity contribution in [3.05, 3.63) is 15.7 Å². The van der Waals surface area contributed by atoms with E-state index < -0.39 is 36.3 Å². The second-order valence-electron chi connectivity index (χ2n) is 5.82. The molecule has 7 nitrogen and oxygen atoms in total. The van der Waals surface area contributed by atoms with Crippen molar-refractivity contribution < 1.29 is 26.3 Å². The molecule has 0 saturated heterocycles. The van der Waals surface area contributed by atoms with E-state index in [0.29, 0.717) is 0 Å². The molecule has 2 heterocycles. The van der Waals surface area contributed by atoms with Crippen molar-refractivity contribution in [2.45, 2.75) is 38.3 Å². The molecule has 160 valence electrons. The second kappa shape index (κ2) is 8.34. The molecule has 2 atom stereocenters. The van der Waals surface area contributed by atoms with Crippen LogP contribution in [-0.2, 0) is 0 Å². The first kappa shape index (κ1) is 23.2. The lowest BCUT2D eigenvalue weighted by molar-refractivity contribution is -0.139. The Morgan fingerprint density at radius 2 is 1.38 bits per heavy atom. The van der Waals surface area contributed by atoms with Crippen molar-refractivity contribution in [3.63, 3.8) is 0 Å². The molecular weight excluding hydrogens is 496 g/mol.